The molecule has 7 heteroatoms. The second-order valence-corrected chi connectivity index (χ2v) is 6.96. The molecule has 2 rings (SSSR count). The summed E-state index contributed by atoms with van der Waals surface area (Å²) in [7, 11) is 0. The van der Waals surface area contributed by atoms with Crippen molar-refractivity contribution < 1.29 is 4.79 Å². The minimum absolute atomic E-state index is 0.0551. The van der Waals surface area contributed by atoms with Crippen LogP contribution in [0.5, 0.6) is 0 Å². The molecule has 2 aromatic heterocycles. The van der Waals surface area contributed by atoms with Gasteiger partial charge in [-0.15, -0.1) is 21.5 Å². The molecule has 2 aromatic rings. The smallest absolute Gasteiger partial charge is 0.285 e. The molecule has 0 spiro atoms. The van der Waals surface area contributed by atoms with E-state index in [1.807, 2.05) is 36.3 Å². The van der Waals surface area contributed by atoms with Gasteiger partial charge in [0, 0.05) is 17.5 Å². The van der Waals surface area contributed by atoms with Crippen molar-refractivity contribution in [3.05, 3.63) is 27.4 Å². The highest BCUT2D eigenvalue weighted by Crippen LogP contribution is 2.20. The van der Waals surface area contributed by atoms with Crippen molar-refractivity contribution in [1.29, 1.82) is 0 Å². The molecule has 0 atom stereocenters. The molecule has 0 aromatic carbocycles. The lowest BCUT2D eigenvalue weighted by atomic mass is 10.3. The third kappa shape index (κ3) is 4.25. The first-order valence-corrected chi connectivity index (χ1v) is 8.72. The van der Waals surface area contributed by atoms with Gasteiger partial charge in [0.2, 0.25) is 10.1 Å². The highest BCUT2D eigenvalue weighted by molar-refractivity contribution is 7.17. The quantitative estimate of drug-likeness (QED) is 0.847. The molecule has 0 saturated carbocycles. The van der Waals surface area contributed by atoms with Crippen LogP contribution in [0.4, 0.5) is 5.13 Å². The van der Waals surface area contributed by atoms with Gasteiger partial charge < -0.3 is 10.2 Å². The van der Waals surface area contributed by atoms with Crippen LogP contribution in [0, 0.1) is 0 Å². The van der Waals surface area contributed by atoms with Crippen molar-refractivity contribution in [3.8, 4) is 0 Å². The zero-order chi connectivity index (χ0) is 15.2. The van der Waals surface area contributed by atoms with E-state index < -0.39 is 0 Å². The summed E-state index contributed by atoms with van der Waals surface area (Å²) in [5.41, 5.74) is 0. The Morgan fingerprint density at radius 2 is 2.24 bits per heavy atom. The summed E-state index contributed by atoms with van der Waals surface area (Å²) >= 11 is 2.98. The zero-order valence-corrected chi connectivity index (χ0v) is 14.1. The van der Waals surface area contributed by atoms with Crippen LogP contribution in [-0.4, -0.2) is 33.6 Å². The zero-order valence-electron chi connectivity index (χ0n) is 12.5. The number of thiophene rings is 1. The monoisotopic (exact) mass is 324 g/mol. The Hall–Kier alpha value is -1.47. The largest absolute Gasteiger partial charge is 0.360 e. The van der Waals surface area contributed by atoms with Crippen molar-refractivity contribution in [2.24, 2.45) is 0 Å². The standard InChI is InChI=1S/C14H20N4OS2/c1-4-7-15-14-17-16-12(21-14)13(19)18(10(2)3)9-11-6-5-8-20-11/h5-6,8,10H,4,7,9H2,1-3H3,(H,15,17). The van der Waals surface area contributed by atoms with Crippen LogP contribution in [0.25, 0.3) is 0 Å². The van der Waals surface area contributed by atoms with Crippen molar-refractivity contribution in [2.75, 3.05) is 11.9 Å². The third-order valence-corrected chi connectivity index (χ3v) is 4.65. The van der Waals surface area contributed by atoms with E-state index in [-0.39, 0.29) is 11.9 Å². The van der Waals surface area contributed by atoms with Crippen LogP contribution >= 0.6 is 22.7 Å². The van der Waals surface area contributed by atoms with E-state index in [4.69, 9.17) is 0 Å². The predicted molar refractivity (Wildman–Crippen MR) is 88.0 cm³/mol. The molecule has 21 heavy (non-hydrogen) atoms. The lowest BCUT2D eigenvalue weighted by Crippen LogP contribution is -2.36. The van der Waals surface area contributed by atoms with Gasteiger partial charge in [-0.3, -0.25) is 4.79 Å². The molecule has 2 heterocycles. The third-order valence-electron chi connectivity index (χ3n) is 2.92. The summed E-state index contributed by atoms with van der Waals surface area (Å²) < 4.78 is 0. The van der Waals surface area contributed by atoms with E-state index in [9.17, 15) is 4.79 Å². The van der Waals surface area contributed by atoms with Crippen LogP contribution in [0.15, 0.2) is 17.5 Å². The van der Waals surface area contributed by atoms with Gasteiger partial charge in [0.15, 0.2) is 0 Å². The molecule has 0 saturated heterocycles. The van der Waals surface area contributed by atoms with Crippen molar-refractivity contribution >= 4 is 33.7 Å². The lowest BCUT2D eigenvalue weighted by molar-refractivity contribution is 0.0691. The fraction of sp³-hybridized carbons (Fsp3) is 0.500. The summed E-state index contributed by atoms with van der Waals surface area (Å²) in [6.45, 7) is 7.57. The summed E-state index contributed by atoms with van der Waals surface area (Å²) in [5.74, 6) is -0.0551. The maximum absolute atomic E-state index is 12.6. The minimum Gasteiger partial charge on any atom is -0.360 e. The number of hydrogen-bond donors (Lipinski definition) is 1. The molecule has 0 aliphatic heterocycles. The SMILES string of the molecule is CCCNc1nnc(C(=O)N(Cc2cccs2)C(C)C)s1. The van der Waals surface area contributed by atoms with Crippen molar-refractivity contribution in [3.63, 3.8) is 0 Å². The average Bonchev–Trinajstić information content (AvgIpc) is 3.13. The first-order valence-electron chi connectivity index (χ1n) is 7.02. The van der Waals surface area contributed by atoms with Crippen LogP contribution in [-0.2, 0) is 6.54 Å². The fourth-order valence-corrected chi connectivity index (χ4v) is 3.22. The van der Waals surface area contributed by atoms with E-state index in [0.29, 0.717) is 16.7 Å². The van der Waals surface area contributed by atoms with Crippen LogP contribution < -0.4 is 5.32 Å². The summed E-state index contributed by atoms with van der Waals surface area (Å²) in [6, 6.07) is 4.16. The molecule has 1 amide bonds. The Bertz CT molecular complexity index is 565. The maximum atomic E-state index is 12.6. The number of carbonyl (C=O) groups is 1. The number of carbonyl (C=O) groups excluding carboxylic acids is 1. The molecule has 0 aliphatic carbocycles. The topological polar surface area (TPSA) is 58.1 Å². The highest BCUT2D eigenvalue weighted by Gasteiger charge is 2.23. The molecule has 0 radical (unpaired) electrons. The molecule has 5 nitrogen and oxygen atoms in total. The second kappa shape index (κ2) is 7.51. The molecule has 0 bridgehead atoms. The van der Waals surface area contributed by atoms with Gasteiger partial charge in [0.1, 0.15) is 0 Å². The number of hydrogen-bond acceptors (Lipinski definition) is 6. The van der Waals surface area contributed by atoms with Crippen molar-refractivity contribution in [1.82, 2.24) is 15.1 Å². The molecular formula is C14H20N4OS2. The fourth-order valence-electron chi connectivity index (χ4n) is 1.80. The summed E-state index contributed by atoms with van der Waals surface area (Å²) in [5, 5.41) is 14.4. The number of rotatable bonds is 7. The predicted octanol–water partition coefficient (Wildman–Crippen LogP) is 3.47. The first kappa shape index (κ1) is 15.9. The Balaban J connectivity index is 2.09. The Morgan fingerprint density at radius 3 is 2.86 bits per heavy atom. The normalized spacial score (nSPS) is 10.9. The first-order chi connectivity index (χ1) is 10.1. The molecular weight excluding hydrogens is 304 g/mol. The van der Waals surface area contributed by atoms with E-state index in [0.717, 1.165) is 13.0 Å². The van der Waals surface area contributed by atoms with Gasteiger partial charge >= 0.3 is 0 Å². The Kier molecular flexibility index (Phi) is 5.69. The van der Waals surface area contributed by atoms with Gasteiger partial charge in [0.05, 0.1) is 6.54 Å². The Morgan fingerprint density at radius 1 is 1.43 bits per heavy atom. The van der Waals surface area contributed by atoms with Crippen LogP contribution in [0.1, 0.15) is 41.9 Å². The highest BCUT2D eigenvalue weighted by atomic mass is 32.1. The van der Waals surface area contributed by atoms with Crippen LogP contribution in [0.2, 0.25) is 0 Å². The maximum Gasteiger partial charge on any atom is 0.285 e. The van der Waals surface area contributed by atoms with E-state index in [1.165, 1.54) is 16.2 Å². The van der Waals surface area contributed by atoms with Gasteiger partial charge in [-0.05, 0) is 31.7 Å². The van der Waals surface area contributed by atoms with Gasteiger partial charge in [-0.1, -0.05) is 24.3 Å². The number of aromatic nitrogens is 2. The van der Waals surface area contributed by atoms with Crippen molar-refractivity contribution in [2.45, 2.75) is 39.8 Å². The van der Waals surface area contributed by atoms with Gasteiger partial charge in [-0.2, -0.15) is 0 Å². The van der Waals surface area contributed by atoms with E-state index in [1.54, 1.807) is 11.3 Å². The van der Waals surface area contributed by atoms with Crippen LogP contribution in [0.3, 0.4) is 0 Å². The molecule has 0 unspecified atom stereocenters. The number of anilines is 1. The average molecular weight is 324 g/mol. The van der Waals surface area contributed by atoms with E-state index in [2.05, 4.69) is 22.4 Å². The summed E-state index contributed by atoms with van der Waals surface area (Å²) in [6.07, 6.45) is 1.01. The van der Waals surface area contributed by atoms with Gasteiger partial charge in [-0.25, -0.2) is 0 Å². The number of amides is 1. The summed E-state index contributed by atoms with van der Waals surface area (Å²) in [4.78, 5) is 15.6. The number of nitrogens with zero attached hydrogens (tertiary/aromatic N) is 3. The minimum atomic E-state index is -0.0551. The van der Waals surface area contributed by atoms with Gasteiger partial charge in [0.25, 0.3) is 5.91 Å². The molecule has 1 N–H and O–H groups in total. The molecule has 0 aliphatic rings. The van der Waals surface area contributed by atoms with E-state index >= 15 is 0 Å². The number of nitrogens with one attached hydrogen (secondary N) is 1. The second-order valence-electron chi connectivity index (χ2n) is 4.95. The molecule has 0 fully saturated rings. The lowest BCUT2D eigenvalue weighted by Gasteiger charge is -2.25. The Labute approximate surface area is 133 Å². The molecule has 114 valence electrons.